The van der Waals surface area contributed by atoms with Gasteiger partial charge in [0.15, 0.2) is 17.4 Å². The van der Waals surface area contributed by atoms with Gasteiger partial charge in [0.05, 0.1) is 19.5 Å². The summed E-state index contributed by atoms with van der Waals surface area (Å²) in [5.74, 6) is 0.475. The van der Waals surface area contributed by atoms with Crippen LogP contribution in [0.2, 0.25) is 0 Å². The van der Waals surface area contributed by atoms with Crippen LogP contribution in [0.1, 0.15) is 11.4 Å². The summed E-state index contributed by atoms with van der Waals surface area (Å²) in [6.45, 7) is 1.12. The third kappa shape index (κ3) is 4.21. The predicted octanol–water partition coefficient (Wildman–Crippen LogP) is 3.01. The van der Waals surface area contributed by atoms with E-state index in [-0.39, 0.29) is 17.1 Å². The first kappa shape index (κ1) is 19.3. The number of fused-ring (bicyclic) bond motifs is 1. The first-order chi connectivity index (χ1) is 14.0. The topological polar surface area (TPSA) is 59.4 Å². The smallest absolute Gasteiger partial charge is 0.259 e. The second-order valence-corrected chi connectivity index (χ2v) is 8.02. The van der Waals surface area contributed by atoms with Gasteiger partial charge in [0.25, 0.3) is 5.56 Å². The molecule has 29 heavy (non-hydrogen) atoms. The van der Waals surface area contributed by atoms with E-state index in [0.717, 1.165) is 25.7 Å². The quantitative estimate of drug-likeness (QED) is 0.514. The van der Waals surface area contributed by atoms with E-state index in [0.29, 0.717) is 24.3 Å². The van der Waals surface area contributed by atoms with E-state index in [1.807, 2.05) is 49.5 Å². The van der Waals surface area contributed by atoms with Gasteiger partial charge >= 0.3 is 0 Å². The zero-order valence-corrected chi connectivity index (χ0v) is 17.0. The van der Waals surface area contributed by atoms with Gasteiger partial charge in [-0.3, -0.25) is 4.79 Å². The number of methoxy groups -OCH3 is 1. The Bertz CT molecular complexity index is 1200. The van der Waals surface area contributed by atoms with Crippen molar-refractivity contribution >= 4 is 21.6 Å². The van der Waals surface area contributed by atoms with Gasteiger partial charge in [-0.25, -0.2) is 9.37 Å². The number of ether oxygens (including phenoxy) is 1. The van der Waals surface area contributed by atoms with Crippen molar-refractivity contribution in [2.45, 2.75) is 13.1 Å². The lowest BCUT2D eigenvalue weighted by molar-refractivity contribution is -0.908. The minimum atomic E-state index is -0.377. The van der Waals surface area contributed by atoms with E-state index in [1.165, 1.54) is 24.5 Å². The molecule has 7 heteroatoms. The Morgan fingerprint density at radius 1 is 1.14 bits per heavy atom. The van der Waals surface area contributed by atoms with Gasteiger partial charge in [0.1, 0.15) is 17.9 Å². The molecule has 0 amide bonds. The van der Waals surface area contributed by atoms with Crippen LogP contribution in [0, 0.1) is 5.82 Å². The van der Waals surface area contributed by atoms with Crippen LogP contribution in [0.5, 0.6) is 5.75 Å². The first-order valence-electron chi connectivity index (χ1n) is 9.25. The summed E-state index contributed by atoms with van der Waals surface area (Å²) in [7, 11) is 3.43. The van der Waals surface area contributed by atoms with Crippen molar-refractivity contribution in [3.63, 3.8) is 0 Å². The van der Waals surface area contributed by atoms with E-state index < -0.39 is 0 Å². The number of benzene rings is 2. The molecular weight excluding hydrogens is 389 g/mol. The summed E-state index contributed by atoms with van der Waals surface area (Å²) in [6, 6.07) is 16.8. The molecule has 148 valence electrons. The molecule has 4 aromatic rings. The maximum Gasteiger partial charge on any atom is 0.259 e. The number of halogens is 1. The molecular formula is C22H21FN3O2S+. The zero-order chi connectivity index (χ0) is 20.4. The highest BCUT2D eigenvalue weighted by Crippen LogP contribution is 2.30. The van der Waals surface area contributed by atoms with Crippen molar-refractivity contribution in [1.29, 1.82) is 0 Å². The highest BCUT2D eigenvalue weighted by molar-refractivity contribution is 7.21. The van der Waals surface area contributed by atoms with Gasteiger partial charge in [0.2, 0.25) is 0 Å². The third-order valence-electron chi connectivity index (χ3n) is 4.70. The maximum atomic E-state index is 13.9. The molecule has 0 bridgehead atoms. The monoisotopic (exact) mass is 410 g/mol. The maximum absolute atomic E-state index is 13.9. The van der Waals surface area contributed by atoms with Gasteiger partial charge in [0, 0.05) is 10.4 Å². The lowest BCUT2D eigenvalue weighted by Gasteiger charge is -2.14. The fraction of sp³-hybridized carbons (Fsp3) is 0.182. The fourth-order valence-corrected chi connectivity index (χ4v) is 4.38. The van der Waals surface area contributed by atoms with Gasteiger partial charge in [-0.05, 0) is 29.8 Å². The molecule has 0 fully saturated rings. The molecule has 2 aromatic carbocycles. The molecule has 4 rings (SSSR count). The van der Waals surface area contributed by atoms with E-state index in [9.17, 15) is 9.18 Å². The number of aromatic nitrogens is 2. The van der Waals surface area contributed by atoms with Crippen LogP contribution < -0.4 is 15.2 Å². The zero-order valence-electron chi connectivity index (χ0n) is 16.2. The van der Waals surface area contributed by atoms with Crippen molar-refractivity contribution in [1.82, 2.24) is 9.97 Å². The summed E-state index contributed by atoms with van der Waals surface area (Å²) in [5.41, 5.74) is 1.79. The SMILES string of the molecule is COc1ccc(C[NH+](C)Cc2nc3sc(-c4ccccc4)cc3c(=O)[nH]2)cc1F. The molecule has 5 nitrogen and oxygen atoms in total. The summed E-state index contributed by atoms with van der Waals surface area (Å²) in [6.07, 6.45) is 0. The second kappa shape index (κ2) is 8.14. The number of hydrogen-bond acceptors (Lipinski definition) is 4. The van der Waals surface area contributed by atoms with E-state index >= 15 is 0 Å². The number of quaternary nitrogens is 1. The Balaban J connectivity index is 1.54. The standard InChI is InChI=1S/C22H20FN3O2S/c1-26(12-14-8-9-18(28-2)17(23)10-14)13-20-24-21(27)16-11-19(29-22(16)25-20)15-6-4-3-5-7-15/h3-11H,12-13H2,1-2H3,(H,24,25,27)/p+1. The van der Waals surface area contributed by atoms with Crippen LogP contribution in [0.3, 0.4) is 0 Å². The summed E-state index contributed by atoms with van der Waals surface area (Å²) >= 11 is 1.51. The van der Waals surface area contributed by atoms with Gasteiger partial charge in [-0.1, -0.05) is 30.3 Å². The van der Waals surface area contributed by atoms with Gasteiger partial charge in [-0.2, -0.15) is 0 Å². The Morgan fingerprint density at radius 2 is 1.93 bits per heavy atom. The normalized spacial score (nSPS) is 12.2. The fourth-order valence-electron chi connectivity index (χ4n) is 3.32. The third-order valence-corrected chi connectivity index (χ3v) is 5.78. The molecule has 0 radical (unpaired) electrons. The highest BCUT2D eigenvalue weighted by atomic mass is 32.1. The molecule has 0 aliphatic carbocycles. The van der Waals surface area contributed by atoms with Crippen molar-refractivity contribution in [3.05, 3.63) is 82.2 Å². The van der Waals surface area contributed by atoms with Gasteiger partial charge < -0.3 is 14.6 Å². The molecule has 2 N–H and O–H groups in total. The second-order valence-electron chi connectivity index (χ2n) is 6.99. The van der Waals surface area contributed by atoms with Crippen molar-refractivity contribution < 1.29 is 14.0 Å². The average Bonchev–Trinajstić information content (AvgIpc) is 3.13. The Kier molecular flexibility index (Phi) is 5.42. The van der Waals surface area contributed by atoms with E-state index in [4.69, 9.17) is 4.74 Å². The Labute approximate surface area is 171 Å². The number of H-pyrrole nitrogens is 1. The molecule has 0 aliphatic rings. The lowest BCUT2D eigenvalue weighted by atomic mass is 10.2. The Morgan fingerprint density at radius 3 is 2.66 bits per heavy atom. The highest BCUT2D eigenvalue weighted by Gasteiger charge is 2.14. The van der Waals surface area contributed by atoms with Crippen LogP contribution in [-0.4, -0.2) is 24.1 Å². The lowest BCUT2D eigenvalue weighted by Crippen LogP contribution is -3.06. The number of aromatic amines is 1. The number of hydrogen-bond donors (Lipinski definition) is 2. The first-order valence-corrected chi connectivity index (χ1v) is 10.1. The Hall–Kier alpha value is -3.03. The van der Waals surface area contributed by atoms with Crippen LogP contribution in [-0.2, 0) is 13.1 Å². The average molecular weight is 410 g/mol. The van der Waals surface area contributed by atoms with E-state index in [1.54, 1.807) is 6.07 Å². The number of nitrogens with one attached hydrogen (secondary N) is 2. The van der Waals surface area contributed by atoms with Crippen LogP contribution in [0.25, 0.3) is 20.7 Å². The van der Waals surface area contributed by atoms with E-state index in [2.05, 4.69) is 9.97 Å². The summed E-state index contributed by atoms with van der Waals surface area (Å²) in [4.78, 5) is 22.9. The molecule has 0 saturated carbocycles. The van der Waals surface area contributed by atoms with Crippen LogP contribution >= 0.6 is 11.3 Å². The predicted molar refractivity (Wildman–Crippen MR) is 113 cm³/mol. The minimum Gasteiger partial charge on any atom is -0.494 e. The van der Waals surface area contributed by atoms with Gasteiger partial charge in [-0.15, -0.1) is 11.3 Å². The molecule has 0 saturated heterocycles. The van der Waals surface area contributed by atoms with Crippen LogP contribution in [0.4, 0.5) is 4.39 Å². The molecule has 2 aromatic heterocycles. The molecule has 1 unspecified atom stereocenters. The number of nitrogens with zero attached hydrogens (tertiary/aromatic N) is 1. The van der Waals surface area contributed by atoms with Crippen molar-refractivity contribution in [3.8, 4) is 16.2 Å². The minimum absolute atomic E-state index is 0.133. The molecule has 1 atom stereocenters. The number of rotatable bonds is 6. The van der Waals surface area contributed by atoms with Crippen molar-refractivity contribution in [2.75, 3.05) is 14.2 Å². The summed E-state index contributed by atoms with van der Waals surface area (Å²) in [5, 5.41) is 0.604. The largest absolute Gasteiger partial charge is 0.494 e. The molecule has 0 spiro atoms. The van der Waals surface area contributed by atoms with Crippen molar-refractivity contribution in [2.24, 2.45) is 0 Å². The summed E-state index contributed by atoms with van der Waals surface area (Å²) < 4.78 is 18.9. The van der Waals surface area contributed by atoms with Crippen LogP contribution in [0.15, 0.2) is 59.4 Å². The number of thiophene rings is 1. The molecule has 0 aliphatic heterocycles. The molecule has 2 heterocycles.